The second kappa shape index (κ2) is 8.57. The number of thiophene rings is 1. The highest BCUT2D eigenvalue weighted by Crippen LogP contribution is 2.29. The van der Waals surface area contributed by atoms with Crippen LogP contribution in [0, 0.1) is 13.8 Å². The van der Waals surface area contributed by atoms with Crippen LogP contribution in [0.4, 0.5) is 0 Å². The number of carbonyl (C=O) groups is 1. The lowest BCUT2D eigenvalue weighted by molar-refractivity contribution is -0.134. The highest BCUT2D eigenvalue weighted by Gasteiger charge is 2.36. The summed E-state index contributed by atoms with van der Waals surface area (Å²) in [7, 11) is -3.56. The van der Waals surface area contributed by atoms with Crippen molar-refractivity contribution >= 4 is 38.9 Å². The summed E-state index contributed by atoms with van der Waals surface area (Å²) in [4.78, 5) is 14.7. The van der Waals surface area contributed by atoms with Gasteiger partial charge in [-0.25, -0.2) is 19.3 Å². The summed E-state index contributed by atoms with van der Waals surface area (Å²) >= 11 is 6.94. The maximum atomic E-state index is 13.0. The first kappa shape index (κ1) is 21.7. The molecule has 1 aromatic carbocycles. The van der Waals surface area contributed by atoms with Crippen molar-refractivity contribution < 1.29 is 13.2 Å². The number of amides is 1. The Morgan fingerprint density at radius 3 is 2.43 bits per heavy atom. The van der Waals surface area contributed by atoms with E-state index >= 15 is 0 Å². The lowest BCUT2D eigenvalue weighted by Gasteiger charge is -2.34. The predicted octanol–water partition coefficient (Wildman–Crippen LogP) is 2.46. The van der Waals surface area contributed by atoms with Crippen molar-refractivity contribution in [1.82, 2.24) is 20.1 Å². The molecule has 0 spiro atoms. The fourth-order valence-electron chi connectivity index (χ4n) is 3.85. The molecule has 2 fully saturated rings. The van der Waals surface area contributed by atoms with Gasteiger partial charge in [-0.15, -0.1) is 11.3 Å². The van der Waals surface area contributed by atoms with Crippen molar-refractivity contribution in [2.45, 2.75) is 36.6 Å². The van der Waals surface area contributed by atoms with Gasteiger partial charge in [0.25, 0.3) is 10.0 Å². The zero-order chi connectivity index (χ0) is 21.5. The Kier molecular flexibility index (Phi) is 6.20. The molecule has 162 valence electrons. The normalized spacial score (nSPS) is 23.1. The van der Waals surface area contributed by atoms with Crippen molar-refractivity contribution in [2.75, 3.05) is 26.2 Å². The van der Waals surface area contributed by atoms with E-state index in [1.807, 2.05) is 0 Å². The average molecular weight is 469 g/mol. The summed E-state index contributed by atoms with van der Waals surface area (Å²) in [6.45, 7) is 5.49. The van der Waals surface area contributed by atoms with E-state index in [1.54, 1.807) is 11.0 Å². The number of halogens is 1. The summed E-state index contributed by atoms with van der Waals surface area (Å²) < 4.78 is 27.6. The number of benzene rings is 1. The average Bonchev–Trinajstić information content (AvgIpc) is 3.39. The molecule has 7 nitrogen and oxygen atoms in total. The Balaban J connectivity index is 1.35. The predicted molar refractivity (Wildman–Crippen MR) is 118 cm³/mol. The number of aryl methyl sites for hydroxylation is 2. The number of rotatable bonds is 4. The molecule has 2 saturated heterocycles. The zero-order valence-electron chi connectivity index (χ0n) is 16.9. The first-order valence-corrected chi connectivity index (χ1v) is 12.5. The molecule has 3 heterocycles. The fourth-order valence-corrected chi connectivity index (χ4v) is 6.91. The van der Waals surface area contributed by atoms with Crippen LogP contribution in [0.1, 0.15) is 29.2 Å². The van der Waals surface area contributed by atoms with E-state index in [4.69, 9.17) is 11.6 Å². The number of carbonyl (C=O) groups excluding carboxylic acids is 1. The summed E-state index contributed by atoms with van der Waals surface area (Å²) in [5, 5.41) is 0. The maximum Gasteiger partial charge on any atom is 0.252 e. The molecule has 2 aromatic rings. The first-order chi connectivity index (χ1) is 14.3. The van der Waals surface area contributed by atoms with Crippen molar-refractivity contribution in [3.8, 4) is 0 Å². The van der Waals surface area contributed by atoms with E-state index in [0.717, 1.165) is 16.9 Å². The molecular weight excluding hydrogens is 444 g/mol. The van der Waals surface area contributed by atoms with Crippen molar-refractivity contribution in [2.24, 2.45) is 0 Å². The van der Waals surface area contributed by atoms with Gasteiger partial charge in [-0.05, 0) is 49.1 Å². The van der Waals surface area contributed by atoms with Gasteiger partial charge >= 0.3 is 0 Å². The summed E-state index contributed by atoms with van der Waals surface area (Å²) in [5.74, 6) is 0.00468. The molecule has 30 heavy (non-hydrogen) atoms. The number of piperazine rings is 1. The Labute approximate surface area is 186 Å². The van der Waals surface area contributed by atoms with E-state index in [9.17, 15) is 13.2 Å². The van der Waals surface area contributed by atoms with Gasteiger partial charge in [-0.3, -0.25) is 4.79 Å². The number of hydrogen-bond acceptors (Lipinski definition) is 6. The molecule has 2 unspecified atom stereocenters. The third-order valence-electron chi connectivity index (χ3n) is 5.83. The van der Waals surface area contributed by atoms with Gasteiger partial charge in [-0.2, -0.15) is 4.31 Å². The molecule has 4 rings (SSSR count). The van der Waals surface area contributed by atoms with Crippen LogP contribution in [-0.4, -0.2) is 55.8 Å². The van der Waals surface area contributed by atoms with Gasteiger partial charge in [-0.1, -0.05) is 29.8 Å². The van der Waals surface area contributed by atoms with Crippen LogP contribution < -0.4 is 10.9 Å². The number of sulfonamides is 1. The van der Waals surface area contributed by atoms with Crippen LogP contribution in [0.15, 0.2) is 34.5 Å². The molecule has 2 aliphatic rings. The van der Waals surface area contributed by atoms with Gasteiger partial charge in [0, 0.05) is 32.2 Å². The molecule has 0 radical (unpaired) electrons. The number of hydrazine groups is 1. The van der Waals surface area contributed by atoms with E-state index in [1.165, 1.54) is 21.5 Å². The van der Waals surface area contributed by atoms with Crippen LogP contribution in [0.3, 0.4) is 0 Å². The van der Waals surface area contributed by atoms with Crippen LogP contribution in [0.5, 0.6) is 0 Å². The number of nitrogens with zero attached hydrogens (tertiary/aromatic N) is 2. The standard InChI is InChI=1S/C20H25ClN4O3S2/c1-13-3-4-15(11-14(13)2)16-12-17(23-22-16)20(26)24-7-9-25(10-8-24)30(27,28)19-6-5-18(21)29-19/h3-6,11,16-17,22-23H,7-10,12H2,1-2H3. The molecule has 1 amide bonds. The molecule has 10 heteroatoms. The molecule has 0 saturated carbocycles. The summed E-state index contributed by atoms with van der Waals surface area (Å²) in [6, 6.07) is 9.21. The number of nitrogens with one attached hydrogen (secondary N) is 2. The molecule has 2 atom stereocenters. The van der Waals surface area contributed by atoms with Crippen LogP contribution in [0.25, 0.3) is 0 Å². The lowest BCUT2D eigenvalue weighted by Crippen LogP contribution is -2.54. The van der Waals surface area contributed by atoms with Crippen molar-refractivity contribution in [3.63, 3.8) is 0 Å². The Morgan fingerprint density at radius 2 is 1.80 bits per heavy atom. The van der Waals surface area contributed by atoms with Crippen LogP contribution in [-0.2, 0) is 14.8 Å². The highest BCUT2D eigenvalue weighted by molar-refractivity contribution is 7.91. The third-order valence-corrected chi connectivity index (χ3v) is 9.42. The van der Waals surface area contributed by atoms with Gasteiger partial charge in [0.2, 0.25) is 5.91 Å². The van der Waals surface area contributed by atoms with E-state index < -0.39 is 10.0 Å². The zero-order valence-corrected chi connectivity index (χ0v) is 19.3. The Morgan fingerprint density at radius 1 is 1.07 bits per heavy atom. The first-order valence-electron chi connectivity index (χ1n) is 9.88. The Bertz CT molecular complexity index is 1050. The minimum atomic E-state index is -3.56. The lowest BCUT2D eigenvalue weighted by atomic mass is 9.98. The quantitative estimate of drug-likeness (QED) is 0.720. The van der Waals surface area contributed by atoms with Gasteiger partial charge in [0.05, 0.1) is 4.34 Å². The second-order valence-electron chi connectivity index (χ2n) is 7.76. The van der Waals surface area contributed by atoms with Crippen LogP contribution >= 0.6 is 22.9 Å². The minimum Gasteiger partial charge on any atom is -0.339 e. The SMILES string of the molecule is Cc1ccc(C2CC(C(=O)N3CCN(S(=O)(=O)c4ccc(Cl)s4)CC3)NN2)cc1C. The Hall–Kier alpha value is -1.49. The third kappa shape index (κ3) is 4.28. The van der Waals surface area contributed by atoms with Gasteiger partial charge < -0.3 is 4.90 Å². The maximum absolute atomic E-state index is 13.0. The monoisotopic (exact) mass is 468 g/mol. The molecule has 1 aromatic heterocycles. The molecule has 0 aliphatic carbocycles. The van der Waals surface area contributed by atoms with Gasteiger partial charge in [0.1, 0.15) is 10.3 Å². The van der Waals surface area contributed by atoms with Crippen molar-refractivity contribution in [3.05, 3.63) is 51.4 Å². The topological polar surface area (TPSA) is 81.8 Å². The number of hydrogen-bond donors (Lipinski definition) is 2. The molecule has 0 bridgehead atoms. The molecule has 2 aliphatic heterocycles. The van der Waals surface area contributed by atoms with Crippen LogP contribution in [0.2, 0.25) is 4.34 Å². The highest BCUT2D eigenvalue weighted by atomic mass is 35.5. The molecule has 2 N–H and O–H groups in total. The smallest absolute Gasteiger partial charge is 0.252 e. The summed E-state index contributed by atoms with van der Waals surface area (Å²) in [5.41, 5.74) is 9.99. The minimum absolute atomic E-state index is 0.00468. The fraction of sp³-hybridized carbons (Fsp3) is 0.450. The second-order valence-corrected chi connectivity index (χ2v) is 11.6. The van der Waals surface area contributed by atoms with Gasteiger partial charge in [0.15, 0.2) is 0 Å². The van der Waals surface area contributed by atoms with E-state index in [0.29, 0.717) is 23.8 Å². The van der Waals surface area contributed by atoms with E-state index in [-0.39, 0.29) is 35.3 Å². The summed E-state index contributed by atoms with van der Waals surface area (Å²) in [6.07, 6.45) is 0.660. The van der Waals surface area contributed by atoms with E-state index in [2.05, 4.69) is 42.9 Å². The largest absolute Gasteiger partial charge is 0.339 e. The molecular formula is C20H25ClN4O3S2. The van der Waals surface area contributed by atoms with Crippen molar-refractivity contribution in [1.29, 1.82) is 0 Å².